The number of hydrogen-bond donors (Lipinski definition) is 2. The number of rotatable bonds is 6. The third-order valence-electron chi connectivity index (χ3n) is 4.50. The first-order chi connectivity index (χ1) is 9.70. The predicted molar refractivity (Wildman–Crippen MR) is 90.5 cm³/mol. The second-order valence-corrected chi connectivity index (χ2v) is 5.89. The molecule has 4 heteroatoms. The Bertz CT molecular complexity index is 425. The largest absolute Gasteiger partial charge is 0.385 e. The molecule has 1 aliphatic rings. The quantitative estimate of drug-likeness (QED) is 0.472. The molecule has 0 unspecified atom stereocenters. The van der Waals surface area contributed by atoms with E-state index in [-0.39, 0.29) is 18.2 Å². The Balaban J connectivity index is 0.00000220. The van der Waals surface area contributed by atoms with Crippen molar-refractivity contribution in [1.82, 2.24) is 0 Å². The first kappa shape index (κ1) is 18.0. The van der Waals surface area contributed by atoms with E-state index in [0.29, 0.717) is 5.92 Å². The smallest absolute Gasteiger partial charge is 0.122 e. The minimum atomic E-state index is 0. The Morgan fingerprint density at radius 1 is 1.19 bits per heavy atom. The second-order valence-electron chi connectivity index (χ2n) is 5.89. The zero-order chi connectivity index (χ0) is 14.4. The molecule has 0 radical (unpaired) electrons. The van der Waals surface area contributed by atoms with Crippen molar-refractivity contribution < 1.29 is 4.74 Å². The number of methoxy groups -OCH3 is 1. The van der Waals surface area contributed by atoms with Gasteiger partial charge in [-0.15, -0.1) is 12.4 Å². The third-order valence-corrected chi connectivity index (χ3v) is 4.50. The fourth-order valence-corrected chi connectivity index (χ4v) is 3.24. The minimum absolute atomic E-state index is 0. The molecular weight excluding hydrogens is 284 g/mol. The average Bonchev–Trinajstić information content (AvgIpc) is 2.48. The summed E-state index contributed by atoms with van der Waals surface area (Å²) in [5.74, 6) is 1.73. The summed E-state index contributed by atoms with van der Waals surface area (Å²) < 4.78 is 5.13. The van der Waals surface area contributed by atoms with Crippen molar-refractivity contribution in [2.75, 3.05) is 13.7 Å². The van der Waals surface area contributed by atoms with Gasteiger partial charge in [-0.3, -0.25) is 5.41 Å². The fraction of sp³-hybridized carbons (Fsp3) is 0.588. The highest BCUT2D eigenvalue weighted by molar-refractivity contribution is 5.94. The topological polar surface area (TPSA) is 59.1 Å². The molecule has 3 nitrogen and oxygen atoms in total. The van der Waals surface area contributed by atoms with Gasteiger partial charge in [-0.1, -0.05) is 24.3 Å². The lowest BCUT2D eigenvalue weighted by Crippen LogP contribution is -2.14. The van der Waals surface area contributed by atoms with Crippen molar-refractivity contribution in [3.05, 3.63) is 35.4 Å². The van der Waals surface area contributed by atoms with Gasteiger partial charge in [-0.05, 0) is 55.9 Å². The molecular formula is C17H27ClN2O. The van der Waals surface area contributed by atoms with Crippen LogP contribution in [0.5, 0.6) is 0 Å². The van der Waals surface area contributed by atoms with E-state index in [1.54, 1.807) is 7.11 Å². The van der Waals surface area contributed by atoms with Crippen molar-refractivity contribution in [1.29, 1.82) is 5.41 Å². The number of amidine groups is 1. The van der Waals surface area contributed by atoms with Crippen molar-refractivity contribution in [3.63, 3.8) is 0 Å². The summed E-state index contributed by atoms with van der Waals surface area (Å²) in [4.78, 5) is 0. The molecule has 3 N–H and O–H groups in total. The Labute approximate surface area is 134 Å². The molecule has 0 atom stereocenters. The van der Waals surface area contributed by atoms with Gasteiger partial charge in [-0.25, -0.2) is 0 Å². The maximum atomic E-state index is 7.42. The number of halogens is 1. The molecule has 118 valence electrons. The molecule has 0 amide bonds. The molecule has 2 rings (SSSR count). The first-order valence-electron chi connectivity index (χ1n) is 7.64. The van der Waals surface area contributed by atoms with Gasteiger partial charge in [0.05, 0.1) is 0 Å². The van der Waals surface area contributed by atoms with Crippen molar-refractivity contribution in [2.24, 2.45) is 11.7 Å². The van der Waals surface area contributed by atoms with Gasteiger partial charge in [-0.2, -0.15) is 0 Å². The van der Waals surface area contributed by atoms with Gasteiger partial charge in [0.25, 0.3) is 0 Å². The van der Waals surface area contributed by atoms with Gasteiger partial charge in [0.2, 0.25) is 0 Å². The number of nitrogens with one attached hydrogen (secondary N) is 1. The maximum absolute atomic E-state index is 7.42. The molecule has 1 aromatic carbocycles. The normalized spacial score (nSPS) is 21.6. The molecule has 1 aliphatic carbocycles. The highest BCUT2D eigenvalue weighted by Gasteiger charge is 2.22. The molecule has 1 aromatic rings. The Morgan fingerprint density at radius 3 is 2.33 bits per heavy atom. The summed E-state index contributed by atoms with van der Waals surface area (Å²) >= 11 is 0. The van der Waals surface area contributed by atoms with Gasteiger partial charge < -0.3 is 10.5 Å². The van der Waals surface area contributed by atoms with Crippen molar-refractivity contribution in [2.45, 2.75) is 44.4 Å². The SMILES string of the molecule is COCCCC1CCC(c2ccc(C(=N)N)cc2)CC1.Cl. The predicted octanol–water partition coefficient (Wildman–Crippen LogP) is 4.09. The van der Waals surface area contributed by atoms with Gasteiger partial charge >= 0.3 is 0 Å². The van der Waals surface area contributed by atoms with Gasteiger partial charge in [0.15, 0.2) is 0 Å². The summed E-state index contributed by atoms with van der Waals surface area (Å²) in [7, 11) is 1.78. The van der Waals surface area contributed by atoms with E-state index < -0.39 is 0 Å². The van der Waals surface area contributed by atoms with E-state index in [4.69, 9.17) is 15.9 Å². The lowest BCUT2D eigenvalue weighted by Gasteiger charge is -2.29. The Hall–Kier alpha value is -1.06. The van der Waals surface area contributed by atoms with Crippen LogP contribution in [0.15, 0.2) is 24.3 Å². The van der Waals surface area contributed by atoms with Crippen LogP contribution in [0.2, 0.25) is 0 Å². The van der Waals surface area contributed by atoms with Crippen LogP contribution in [0.4, 0.5) is 0 Å². The number of ether oxygens (including phenoxy) is 1. The summed E-state index contributed by atoms with van der Waals surface area (Å²) in [6.07, 6.45) is 7.75. The minimum Gasteiger partial charge on any atom is -0.385 e. The van der Waals surface area contributed by atoms with E-state index in [1.807, 2.05) is 12.1 Å². The highest BCUT2D eigenvalue weighted by Crippen LogP contribution is 2.37. The molecule has 1 saturated carbocycles. The van der Waals surface area contributed by atoms with Crippen molar-refractivity contribution >= 4 is 18.2 Å². The van der Waals surface area contributed by atoms with Crippen LogP contribution >= 0.6 is 12.4 Å². The molecule has 21 heavy (non-hydrogen) atoms. The van der Waals surface area contributed by atoms with E-state index in [2.05, 4.69) is 12.1 Å². The van der Waals surface area contributed by atoms with Gasteiger partial charge in [0.1, 0.15) is 5.84 Å². The standard InChI is InChI=1S/C17H26N2O.ClH/c1-20-12-2-3-13-4-6-14(7-5-13)15-8-10-16(11-9-15)17(18)19;/h8-11,13-14H,2-7,12H2,1H3,(H3,18,19);1H. The number of nitrogens with two attached hydrogens (primary N) is 1. The third kappa shape index (κ3) is 5.33. The number of hydrogen-bond acceptors (Lipinski definition) is 2. The second kappa shape index (κ2) is 9.06. The van der Waals surface area contributed by atoms with Crippen LogP contribution in [0.3, 0.4) is 0 Å². The zero-order valence-electron chi connectivity index (χ0n) is 12.8. The van der Waals surface area contributed by atoms with Crippen LogP contribution in [0.25, 0.3) is 0 Å². The van der Waals surface area contributed by atoms with Crippen LogP contribution in [-0.2, 0) is 4.74 Å². The van der Waals surface area contributed by atoms with Crippen LogP contribution < -0.4 is 5.73 Å². The maximum Gasteiger partial charge on any atom is 0.122 e. The van der Waals surface area contributed by atoms with E-state index in [1.165, 1.54) is 44.1 Å². The fourth-order valence-electron chi connectivity index (χ4n) is 3.24. The van der Waals surface area contributed by atoms with E-state index in [9.17, 15) is 0 Å². The molecule has 0 aliphatic heterocycles. The lowest BCUT2D eigenvalue weighted by atomic mass is 9.77. The molecule has 0 bridgehead atoms. The van der Waals surface area contributed by atoms with Crippen LogP contribution in [0.1, 0.15) is 55.6 Å². The molecule has 0 spiro atoms. The molecule has 0 heterocycles. The summed E-state index contributed by atoms with van der Waals surface area (Å²) in [6.45, 7) is 0.895. The van der Waals surface area contributed by atoms with Crippen molar-refractivity contribution in [3.8, 4) is 0 Å². The summed E-state index contributed by atoms with van der Waals surface area (Å²) in [5.41, 5.74) is 7.72. The van der Waals surface area contributed by atoms with Crippen LogP contribution in [0, 0.1) is 11.3 Å². The van der Waals surface area contributed by atoms with E-state index >= 15 is 0 Å². The monoisotopic (exact) mass is 310 g/mol. The average molecular weight is 311 g/mol. The highest BCUT2D eigenvalue weighted by atomic mass is 35.5. The Morgan fingerprint density at radius 2 is 1.81 bits per heavy atom. The summed E-state index contributed by atoms with van der Waals surface area (Å²) in [5, 5.41) is 7.42. The molecule has 0 aromatic heterocycles. The zero-order valence-corrected chi connectivity index (χ0v) is 13.6. The summed E-state index contributed by atoms with van der Waals surface area (Å²) in [6, 6.07) is 8.24. The number of nitrogen functional groups attached to an aromatic ring is 1. The molecule has 0 saturated heterocycles. The molecule has 1 fully saturated rings. The van der Waals surface area contributed by atoms with E-state index in [0.717, 1.165) is 18.1 Å². The Kier molecular flexibility index (Phi) is 7.76. The van der Waals surface area contributed by atoms with Gasteiger partial charge in [0, 0.05) is 19.3 Å². The number of benzene rings is 1. The lowest BCUT2D eigenvalue weighted by molar-refractivity contribution is 0.180. The first-order valence-corrected chi connectivity index (χ1v) is 7.64. The van der Waals surface area contributed by atoms with Crippen LogP contribution in [-0.4, -0.2) is 19.6 Å².